The molecular formula is C17H30N4O3S3. The highest BCUT2D eigenvalue weighted by molar-refractivity contribution is 8.47. The Kier molecular flexibility index (Phi) is 13.6. The van der Waals surface area contributed by atoms with Crippen molar-refractivity contribution in [3.63, 3.8) is 0 Å². The Morgan fingerprint density at radius 2 is 2.04 bits per heavy atom. The van der Waals surface area contributed by atoms with Crippen LogP contribution >= 0.6 is 35.7 Å². The minimum absolute atomic E-state index is 0.00761. The maximum Gasteiger partial charge on any atom is 0.311 e. The van der Waals surface area contributed by atoms with Crippen molar-refractivity contribution in [1.82, 2.24) is 5.32 Å². The first-order chi connectivity index (χ1) is 12.6. The van der Waals surface area contributed by atoms with Crippen LogP contribution in [0, 0.1) is 5.41 Å². The van der Waals surface area contributed by atoms with Gasteiger partial charge in [0.15, 0.2) is 0 Å². The van der Waals surface area contributed by atoms with E-state index in [4.69, 9.17) is 22.5 Å². The summed E-state index contributed by atoms with van der Waals surface area (Å²) in [6.07, 6.45) is 1.79. The lowest BCUT2D eigenvalue weighted by molar-refractivity contribution is -0.154. The predicted octanol–water partition coefficient (Wildman–Crippen LogP) is 4.70. The third kappa shape index (κ3) is 12.2. The molecule has 0 fully saturated rings. The van der Waals surface area contributed by atoms with E-state index in [9.17, 15) is 9.59 Å². The van der Waals surface area contributed by atoms with Gasteiger partial charge in [0.25, 0.3) is 0 Å². The summed E-state index contributed by atoms with van der Waals surface area (Å²) in [6.45, 7) is 9.86. The minimum atomic E-state index is -0.838. The summed E-state index contributed by atoms with van der Waals surface area (Å²) in [5.41, 5.74) is 7.40. The van der Waals surface area contributed by atoms with Crippen molar-refractivity contribution in [2.75, 3.05) is 18.9 Å². The molecule has 1 N–H and O–H groups in total. The van der Waals surface area contributed by atoms with Crippen molar-refractivity contribution in [2.24, 2.45) is 10.5 Å². The van der Waals surface area contributed by atoms with Crippen molar-refractivity contribution in [2.45, 2.75) is 65.2 Å². The van der Waals surface area contributed by atoms with E-state index in [-0.39, 0.29) is 31.1 Å². The Hall–Kier alpha value is -0.960. The fraction of sp³-hybridized carbons (Fsp3) is 0.824. The average Bonchev–Trinajstić information content (AvgIpc) is 2.58. The van der Waals surface area contributed by atoms with Gasteiger partial charge < -0.3 is 10.1 Å². The second-order valence-corrected chi connectivity index (χ2v) is 10.4. The van der Waals surface area contributed by atoms with Crippen LogP contribution in [-0.2, 0) is 14.3 Å². The van der Waals surface area contributed by atoms with Gasteiger partial charge in [-0.3, -0.25) is 9.59 Å². The summed E-state index contributed by atoms with van der Waals surface area (Å²) in [4.78, 5) is 27.7. The van der Waals surface area contributed by atoms with Gasteiger partial charge in [-0.15, -0.1) is 11.8 Å². The molecular weight excluding hydrogens is 404 g/mol. The summed E-state index contributed by atoms with van der Waals surface area (Å²) in [5.74, 6) is 0.401. The van der Waals surface area contributed by atoms with Gasteiger partial charge in [-0.2, -0.15) is 0 Å². The number of thioether (sulfide) groups is 2. The average molecular weight is 435 g/mol. The molecule has 1 unspecified atom stereocenters. The number of thiocarbonyl (C=S) groups is 1. The summed E-state index contributed by atoms with van der Waals surface area (Å²) < 4.78 is 5.99. The van der Waals surface area contributed by atoms with Gasteiger partial charge in [-0.25, -0.2) is 0 Å². The number of nitrogens with zero attached hydrogens (tertiary/aromatic N) is 3. The predicted molar refractivity (Wildman–Crippen MR) is 118 cm³/mol. The van der Waals surface area contributed by atoms with Gasteiger partial charge in [-0.1, -0.05) is 36.0 Å². The molecule has 0 radical (unpaired) electrons. The number of esters is 1. The molecule has 1 atom stereocenters. The summed E-state index contributed by atoms with van der Waals surface area (Å²) in [6, 6.07) is 0.00761. The molecule has 0 heterocycles. The van der Waals surface area contributed by atoms with E-state index in [2.05, 4.69) is 22.3 Å². The molecule has 7 nitrogen and oxygen atoms in total. The maximum absolute atomic E-state index is 12.6. The first-order valence-electron chi connectivity index (χ1n) is 8.95. The lowest BCUT2D eigenvalue weighted by Gasteiger charge is -2.27. The van der Waals surface area contributed by atoms with E-state index < -0.39 is 10.7 Å². The first kappa shape index (κ1) is 26.0. The number of carbonyl (C=O) groups is 2. The van der Waals surface area contributed by atoms with Crippen LogP contribution in [0.5, 0.6) is 0 Å². The van der Waals surface area contributed by atoms with Gasteiger partial charge in [-0.05, 0) is 58.2 Å². The number of ether oxygens (including phenoxy) is 1. The molecule has 27 heavy (non-hydrogen) atoms. The minimum Gasteiger partial charge on any atom is -0.465 e. The molecule has 0 rings (SSSR count). The molecule has 0 bridgehead atoms. The third-order valence-electron chi connectivity index (χ3n) is 3.33. The SMILES string of the molecule is CCCSC(=S)SC(CC(C)(C)C(=O)OCCCN=[N+]=[N-])C(=O)NC(C)C. The highest BCUT2D eigenvalue weighted by Crippen LogP contribution is 2.33. The van der Waals surface area contributed by atoms with E-state index >= 15 is 0 Å². The van der Waals surface area contributed by atoms with Crippen LogP contribution in [0.15, 0.2) is 5.11 Å². The summed E-state index contributed by atoms with van der Waals surface area (Å²) in [7, 11) is 0. The fourth-order valence-electron chi connectivity index (χ4n) is 1.99. The first-order valence-corrected chi connectivity index (χ1v) is 11.2. The molecule has 0 aromatic carbocycles. The molecule has 0 aliphatic rings. The van der Waals surface area contributed by atoms with Crippen LogP contribution in [0.4, 0.5) is 0 Å². The Balaban J connectivity index is 4.91. The van der Waals surface area contributed by atoms with Crippen molar-refractivity contribution >= 4 is 51.1 Å². The van der Waals surface area contributed by atoms with Crippen molar-refractivity contribution in [1.29, 1.82) is 0 Å². The number of amides is 1. The zero-order valence-corrected chi connectivity index (χ0v) is 19.1. The van der Waals surface area contributed by atoms with Gasteiger partial charge >= 0.3 is 5.97 Å². The normalized spacial score (nSPS) is 12.2. The summed E-state index contributed by atoms with van der Waals surface area (Å²) in [5, 5.41) is 5.85. The molecule has 154 valence electrons. The van der Waals surface area contributed by atoms with E-state index in [1.165, 1.54) is 11.8 Å². The quantitative estimate of drug-likeness (QED) is 0.119. The molecule has 10 heteroatoms. The monoisotopic (exact) mass is 434 g/mol. The molecule has 0 saturated carbocycles. The Morgan fingerprint density at radius 1 is 1.37 bits per heavy atom. The van der Waals surface area contributed by atoms with Gasteiger partial charge in [0, 0.05) is 17.5 Å². The summed E-state index contributed by atoms with van der Waals surface area (Å²) >= 11 is 8.27. The van der Waals surface area contributed by atoms with Crippen molar-refractivity contribution < 1.29 is 14.3 Å². The molecule has 1 amide bonds. The number of carbonyl (C=O) groups excluding carboxylic acids is 2. The number of rotatable bonds is 12. The van der Waals surface area contributed by atoms with E-state index in [1.54, 1.807) is 25.6 Å². The van der Waals surface area contributed by atoms with Gasteiger partial charge in [0.2, 0.25) is 5.91 Å². The van der Waals surface area contributed by atoms with Gasteiger partial charge in [0.1, 0.15) is 3.53 Å². The van der Waals surface area contributed by atoms with E-state index in [1.807, 2.05) is 13.8 Å². The molecule has 0 aliphatic heterocycles. The third-order valence-corrected chi connectivity index (χ3v) is 6.32. The molecule has 0 spiro atoms. The Morgan fingerprint density at radius 3 is 2.59 bits per heavy atom. The molecule has 0 aromatic heterocycles. The lowest BCUT2D eigenvalue weighted by atomic mass is 9.87. The smallest absolute Gasteiger partial charge is 0.311 e. The van der Waals surface area contributed by atoms with Gasteiger partial charge in [0.05, 0.1) is 17.3 Å². The largest absolute Gasteiger partial charge is 0.465 e. The topological polar surface area (TPSA) is 104 Å². The van der Waals surface area contributed by atoms with Crippen LogP contribution in [0.1, 0.15) is 53.9 Å². The van der Waals surface area contributed by atoms with Crippen LogP contribution in [0.3, 0.4) is 0 Å². The van der Waals surface area contributed by atoms with Crippen molar-refractivity contribution in [3.8, 4) is 0 Å². The van der Waals surface area contributed by atoms with Crippen molar-refractivity contribution in [3.05, 3.63) is 10.4 Å². The molecule has 0 aliphatic carbocycles. The van der Waals surface area contributed by atoms with Crippen LogP contribution < -0.4 is 5.32 Å². The fourth-order valence-corrected chi connectivity index (χ4v) is 4.74. The van der Waals surface area contributed by atoms with Crippen LogP contribution in [0.25, 0.3) is 10.4 Å². The number of hydrogen-bond donors (Lipinski definition) is 1. The number of nitrogens with one attached hydrogen (secondary N) is 1. The highest BCUT2D eigenvalue weighted by atomic mass is 32.2. The second kappa shape index (κ2) is 14.1. The molecule has 0 saturated heterocycles. The zero-order valence-electron chi connectivity index (χ0n) is 16.7. The van der Waals surface area contributed by atoms with E-state index in [0.717, 1.165) is 12.2 Å². The number of azide groups is 1. The second-order valence-electron chi connectivity index (χ2n) is 6.90. The highest BCUT2D eigenvalue weighted by Gasteiger charge is 2.36. The maximum atomic E-state index is 12.6. The zero-order chi connectivity index (χ0) is 20.9. The lowest BCUT2D eigenvalue weighted by Crippen LogP contribution is -2.41. The molecule has 0 aromatic rings. The van der Waals surface area contributed by atoms with Crippen LogP contribution in [-0.4, -0.2) is 45.6 Å². The number of hydrogen-bond acceptors (Lipinski definition) is 7. The standard InChI is InChI=1S/C17H30N4O3S3/c1-6-10-26-16(25)27-13(14(22)20-12(2)3)11-17(4,5)15(23)24-9-7-8-19-21-18/h12-13H,6-11H2,1-5H3,(H,20,22). The Bertz CT molecular complexity index is 550. The van der Waals surface area contributed by atoms with E-state index in [0.29, 0.717) is 16.4 Å². The Labute approximate surface area is 175 Å². The van der Waals surface area contributed by atoms with Crippen LogP contribution in [0.2, 0.25) is 0 Å².